The molecule has 1 aliphatic rings. The monoisotopic (exact) mass is 194 g/mol. The van der Waals surface area contributed by atoms with Crippen molar-refractivity contribution < 1.29 is 4.74 Å². The van der Waals surface area contributed by atoms with E-state index in [9.17, 15) is 0 Å². The molecule has 0 saturated heterocycles. The second-order valence-electron chi connectivity index (χ2n) is 3.62. The highest BCUT2D eigenvalue weighted by Gasteiger charge is 2.42. The maximum absolute atomic E-state index is 5.57. The molecule has 0 atom stereocenters. The average molecular weight is 194 g/mol. The van der Waals surface area contributed by atoms with Gasteiger partial charge in [0.15, 0.2) is 5.82 Å². The van der Waals surface area contributed by atoms with Crippen molar-refractivity contribution >= 4 is 5.95 Å². The number of hydrogen-bond acceptors (Lipinski definition) is 5. The fourth-order valence-corrected chi connectivity index (χ4v) is 1.72. The minimum Gasteiger partial charge on any atom is -0.370 e. The van der Waals surface area contributed by atoms with Crippen LogP contribution in [0.3, 0.4) is 0 Å². The van der Waals surface area contributed by atoms with E-state index in [0.717, 1.165) is 19.3 Å². The van der Waals surface area contributed by atoms with Crippen molar-refractivity contribution in [3.8, 4) is 0 Å². The number of nitrogen functional groups attached to an aromatic ring is 1. The zero-order valence-electron chi connectivity index (χ0n) is 8.45. The third-order valence-electron chi connectivity index (χ3n) is 2.72. The molecule has 0 bridgehead atoms. The Bertz CT molecular complexity index is 323. The van der Waals surface area contributed by atoms with Crippen LogP contribution in [0.25, 0.3) is 0 Å². The summed E-state index contributed by atoms with van der Waals surface area (Å²) in [7, 11) is 1.69. The fraction of sp³-hybridized carbons (Fsp3) is 0.667. The van der Waals surface area contributed by atoms with Gasteiger partial charge in [-0.25, -0.2) is 4.98 Å². The Hall–Kier alpha value is -1.23. The number of aryl methyl sites for hydroxylation is 1. The number of nitrogens with two attached hydrogens (primary N) is 1. The maximum atomic E-state index is 5.57. The molecule has 5 heteroatoms. The highest BCUT2D eigenvalue weighted by atomic mass is 16.5. The lowest BCUT2D eigenvalue weighted by Gasteiger charge is -2.38. The van der Waals surface area contributed by atoms with Crippen molar-refractivity contribution in [2.75, 3.05) is 12.8 Å². The summed E-state index contributed by atoms with van der Waals surface area (Å²) in [5, 5.41) is 0. The quantitative estimate of drug-likeness (QED) is 0.753. The lowest BCUT2D eigenvalue weighted by atomic mass is 9.79. The first kappa shape index (κ1) is 9.33. The minimum absolute atomic E-state index is 0.274. The molecule has 0 amide bonds. The molecular formula is C9H14N4O. The molecule has 0 radical (unpaired) electrons. The average Bonchev–Trinajstić information content (AvgIpc) is 2.01. The molecule has 0 spiro atoms. The van der Waals surface area contributed by atoms with Crippen LogP contribution in [0.5, 0.6) is 0 Å². The van der Waals surface area contributed by atoms with Gasteiger partial charge in [0, 0.05) is 7.11 Å². The van der Waals surface area contributed by atoms with Crippen LogP contribution < -0.4 is 5.73 Å². The number of anilines is 1. The van der Waals surface area contributed by atoms with Crippen LogP contribution in [0.15, 0.2) is 0 Å². The van der Waals surface area contributed by atoms with Crippen LogP contribution in [0.4, 0.5) is 5.95 Å². The first-order valence-corrected chi connectivity index (χ1v) is 4.70. The summed E-state index contributed by atoms with van der Waals surface area (Å²) >= 11 is 0. The Morgan fingerprint density at radius 2 is 2.00 bits per heavy atom. The first-order valence-electron chi connectivity index (χ1n) is 4.70. The fourth-order valence-electron chi connectivity index (χ4n) is 1.72. The summed E-state index contributed by atoms with van der Waals surface area (Å²) in [5.74, 6) is 1.60. The van der Waals surface area contributed by atoms with Crippen LogP contribution in [0.2, 0.25) is 0 Å². The van der Waals surface area contributed by atoms with Crippen molar-refractivity contribution in [3.63, 3.8) is 0 Å². The van der Waals surface area contributed by atoms with E-state index in [4.69, 9.17) is 10.5 Å². The normalized spacial score (nSPS) is 19.0. The number of aromatic nitrogens is 3. The molecule has 76 valence electrons. The summed E-state index contributed by atoms with van der Waals surface area (Å²) in [4.78, 5) is 12.3. The van der Waals surface area contributed by atoms with Crippen LogP contribution in [-0.2, 0) is 10.3 Å². The van der Waals surface area contributed by atoms with Gasteiger partial charge in [0.05, 0.1) is 0 Å². The van der Waals surface area contributed by atoms with E-state index >= 15 is 0 Å². The van der Waals surface area contributed by atoms with Gasteiger partial charge in [-0.3, -0.25) is 0 Å². The first-order chi connectivity index (χ1) is 6.66. The molecular weight excluding hydrogens is 180 g/mol. The van der Waals surface area contributed by atoms with Gasteiger partial charge in [0.25, 0.3) is 0 Å². The van der Waals surface area contributed by atoms with Crippen LogP contribution >= 0.6 is 0 Å². The van der Waals surface area contributed by atoms with E-state index in [1.54, 1.807) is 7.11 Å². The standard InChI is InChI=1S/C9H14N4O/c1-6-11-7(13-8(10)12-6)9(14-2)4-3-5-9/h3-5H2,1-2H3,(H2,10,11,12,13). The molecule has 2 rings (SSSR count). The zero-order chi connectivity index (χ0) is 10.2. The van der Waals surface area contributed by atoms with Crippen LogP contribution in [0, 0.1) is 6.92 Å². The van der Waals surface area contributed by atoms with E-state index in [0.29, 0.717) is 11.6 Å². The van der Waals surface area contributed by atoms with Gasteiger partial charge in [-0.15, -0.1) is 0 Å². The molecule has 1 aromatic heterocycles. The SMILES string of the molecule is COC1(c2nc(C)nc(N)n2)CCC1. The highest BCUT2D eigenvalue weighted by Crippen LogP contribution is 2.42. The summed E-state index contributed by atoms with van der Waals surface area (Å²) < 4.78 is 5.46. The number of rotatable bonds is 2. The Kier molecular flexibility index (Phi) is 2.11. The molecule has 1 aliphatic carbocycles. The van der Waals surface area contributed by atoms with Crippen molar-refractivity contribution in [2.24, 2.45) is 0 Å². The number of ether oxygens (including phenoxy) is 1. The van der Waals surface area contributed by atoms with Gasteiger partial charge >= 0.3 is 0 Å². The maximum Gasteiger partial charge on any atom is 0.223 e. The van der Waals surface area contributed by atoms with Crippen LogP contribution in [0.1, 0.15) is 30.9 Å². The Labute approximate surface area is 82.7 Å². The zero-order valence-corrected chi connectivity index (χ0v) is 8.45. The molecule has 0 unspecified atom stereocenters. The Balaban J connectivity index is 2.39. The van der Waals surface area contributed by atoms with Gasteiger partial charge in [-0.2, -0.15) is 9.97 Å². The largest absolute Gasteiger partial charge is 0.370 e. The van der Waals surface area contributed by atoms with E-state index in [-0.39, 0.29) is 11.5 Å². The lowest BCUT2D eigenvalue weighted by molar-refractivity contribution is -0.0848. The smallest absolute Gasteiger partial charge is 0.223 e. The topological polar surface area (TPSA) is 73.9 Å². The molecule has 1 aromatic rings. The van der Waals surface area contributed by atoms with Gasteiger partial charge < -0.3 is 10.5 Å². The lowest BCUT2D eigenvalue weighted by Crippen LogP contribution is -2.38. The summed E-state index contributed by atoms with van der Waals surface area (Å²) in [6.07, 6.45) is 3.08. The molecule has 1 saturated carbocycles. The summed E-state index contributed by atoms with van der Waals surface area (Å²) in [6, 6.07) is 0. The second-order valence-corrected chi connectivity index (χ2v) is 3.62. The molecule has 1 fully saturated rings. The predicted octanol–water partition coefficient (Wildman–Crippen LogP) is 0.788. The number of nitrogens with zero attached hydrogens (tertiary/aromatic N) is 3. The Morgan fingerprint density at radius 1 is 1.29 bits per heavy atom. The molecule has 0 aliphatic heterocycles. The van der Waals surface area contributed by atoms with E-state index < -0.39 is 0 Å². The van der Waals surface area contributed by atoms with E-state index in [1.807, 2.05) is 6.92 Å². The predicted molar refractivity (Wildman–Crippen MR) is 51.5 cm³/mol. The molecule has 1 heterocycles. The van der Waals surface area contributed by atoms with Crippen molar-refractivity contribution in [2.45, 2.75) is 31.8 Å². The molecule has 5 nitrogen and oxygen atoms in total. The molecule has 0 aromatic carbocycles. The number of methoxy groups -OCH3 is 1. The summed E-state index contributed by atoms with van der Waals surface area (Å²) in [6.45, 7) is 1.81. The van der Waals surface area contributed by atoms with Gasteiger partial charge in [-0.1, -0.05) is 0 Å². The van der Waals surface area contributed by atoms with Gasteiger partial charge in [-0.05, 0) is 26.2 Å². The van der Waals surface area contributed by atoms with Crippen molar-refractivity contribution in [3.05, 3.63) is 11.6 Å². The Morgan fingerprint density at radius 3 is 2.43 bits per heavy atom. The third kappa shape index (κ3) is 1.33. The number of hydrogen-bond donors (Lipinski definition) is 1. The van der Waals surface area contributed by atoms with Gasteiger partial charge in [0.1, 0.15) is 11.4 Å². The van der Waals surface area contributed by atoms with Crippen LogP contribution in [-0.4, -0.2) is 22.1 Å². The van der Waals surface area contributed by atoms with Crippen molar-refractivity contribution in [1.29, 1.82) is 0 Å². The molecule has 2 N–H and O–H groups in total. The minimum atomic E-state index is -0.304. The van der Waals surface area contributed by atoms with E-state index in [1.165, 1.54) is 0 Å². The highest BCUT2D eigenvalue weighted by molar-refractivity contribution is 5.19. The second kappa shape index (κ2) is 3.16. The third-order valence-corrected chi connectivity index (χ3v) is 2.72. The summed E-state index contributed by atoms with van der Waals surface area (Å²) in [5.41, 5.74) is 5.27. The van der Waals surface area contributed by atoms with Gasteiger partial charge in [0.2, 0.25) is 5.95 Å². The molecule has 14 heavy (non-hydrogen) atoms. The van der Waals surface area contributed by atoms with Crippen molar-refractivity contribution in [1.82, 2.24) is 15.0 Å². The van der Waals surface area contributed by atoms with E-state index in [2.05, 4.69) is 15.0 Å².